The van der Waals surface area contributed by atoms with Crippen LogP contribution in [0, 0.1) is 0 Å². The SMILES string of the molecule is CCCCCCCCCCCOc1ncc(-c2ccc([C@@]3(C(=O)O)O[C@@H]3CCC)cc2)cn1. The van der Waals surface area contributed by atoms with Gasteiger partial charge in [-0.1, -0.05) is 95.9 Å². The molecule has 1 aromatic heterocycles. The van der Waals surface area contributed by atoms with Crippen LogP contribution in [0.25, 0.3) is 11.1 Å². The summed E-state index contributed by atoms with van der Waals surface area (Å²) in [6.45, 7) is 4.92. The molecule has 1 aliphatic heterocycles. The zero-order valence-electron chi connectivity index (χ0n) is 20.1. The maximum atomic E-state index is 11.8. The van der Waals surface area contributed by atoms with Crippen LogP contribution < -0.4 is 4.74 Å². The molecule has 0 aliphatic carbocycles. The number of hydrogen-bond donors (Lipinski definition) is 1. The molecule has 2 heterocycles. The van der Waals surface area contributed by atoms with E-state index in [0.717, 1.165) is 30.4 Å². The Morgan fingerprint density at radius 1 is 0.909 bits per heavy atom. The average Bonchev–Trinajstić information content (AvgIpc) is 3.56. The van der Waals surface area contributed by atoms with Gasteiger partial charge in [-0.2, -0.15) is 0 Å². The van der Waals surface area contributed by atoms with Gasteiger partial charge in [-0.05, 0) is 24.0 Å². The summed E-state index contributed by atoms with van der Waals surface area (Å²) in [5.41, 5.74) is 1.28. The number of nitrogens with zero attached hydrogens (tertiary/aromatic N) is 2. The molecule has 6 heteroatoms. The summed E-state index contributed by atoms with van der Waals surface area (Å²) in [6.07, 6.45) is 16.4. The van der Waals surface area contributed by atoms with Gasteiger partial charge in [-0.25, -0.2) is 14.8 Å². The van der Waals surface area contributed by atoms with E-state index in [1.165, 1.54) is 51.4 Å². The summed E-state index contributed by atoms with van der Waals surface area (Å²) in [5, 5.41) is 9.68. The molecule has 0 bridgehead atoms. The molecule has 33 heavy (non-hydrogen) atoms. The summed E-state index contributed by atoms with van der Waals surface area (Å²) in [4.78, 5) is 20.5. The fourth-order valence-corrected chi connectivity index (χ4v) is 4.31. The Morgan fingerprint density at radius 2 is 1.52 bits per heavy atom. The van der Waals surface area contributed by atoms with Gasteiger partial charge in [0.1, 0.15) is 6.10 Å². The van der Waals surface area contributed by atoms with Crippen LogP contribution in [0.2, 0.25) is 0 Å². The topological polar surface area (TPSA) is 84.8 Å². The Hall–Kier alpha value is -2.47. The molecule has 0 spiro atoms. The second-order valence-electron chi connectivity index (χ2n) is 8.94. The quantitative estimate of drug-likeness (QED) is 0.229. The number of carbonyl (C=O) groups is 1. The molecule has 1 saturated heterocycles. The number of aliphatic carboxylic acids is 1. The zero-order valence-corrected chi connectivity index (χ0v) is 20.1. The molecule has 6 nitrogen and oxygen atoms in total. The summed E-state index contributed by atoms with van der Waals surface area (Å²) in [7, 11) is 0. The van der Waals surface area contributed by atoms with Crippen molar-refractivity contribution in [1.82, 2.24) is 9.97 Å². The standard InChI is InChI=1S/C27H38N2O4/c1-3-5-6-7-8-9-10-11-12-18-32-26-28-19-22(20-29-26)21-14-16-23(17-15-21)27(25(30)31)24(33-27)13-4-2/h14-17,19-20,24H,3-13,18H2,1-2H3,(H,30,31)/t24-,27-/m1/s1. The molecule has 0 amide bonds. The third-order valence-corrected chi connectivity index (χ3v) is 6.35. The third-order valence-electron chi connectivity index (χ3n) is 6.35. The number of hydrogen-bond acceptors (Lipinski definition) is 5. The predicted octanol–water partition coefficient (Wildman–Crippen LogP) is 6.53. The summed E-state index contributed by atoms with van der Waals surface area (Å²) >= 11 is 0. The molecule has 0 saturated carbocycles. The normalized spacial score (nSPS) is 19.4. The fourth-order valence-electron chi connectivity index (χ4n) is 4.31. The van der Waals surface area contributed by atoms with Crippen LogP contribution in [0.15, 0.2) is 36.7 Å². The van der Waals surface area contributed by atoms with Crippen molar-refractivity contribution in [3.05, 3.63) is 42.2 Å². The highest BCUT2D eigenvalue weighted by Crippen LogP contribution is 2.49. The van der Waals surface area contributed by atoms with Gasteiger partial charge in [-0.3, -0.25) is 0 Å². The van der Waals surface area contributed by atoms with Crippen molar-refractivity contribution in [2.75, 3.05) is 6.61 Å². The molecular formula is C27H38N2O4. The second kappa shape index (κ2) is 12.7. The largest absolute Gasteiger partial charge is 0.479 e. The summed E-state index contributed by atoms with van der Waals surface area (Å²) in [5.74, 6) is -0.925. The van der Waals surface area contributed by atoms with Crippen molar-refractivity contribution in [3.63, 3.8) is 0 Å². The molecule has 1 N–H and O–H groups in total. The maximum absolute atomic E-state index is 11.8. The lowest BCUT2D eigenvalue weighted by atomic mass is 9.92. The van der Waals surface area contributed by atoms with Crippen molar-refractivity contribution in [3.8, 4) is 17.1 Å². The molecule has 0 unspecified atom stereocenters. The Morgan fingerprint density at radius 3 is 2.09 bits per heavy atom. The van der Waals surface area contributed by atoms with E-state index in [2.05, 4.69) is 16.9 Å². The highest BCUT2D eigenvalue weighted by atomic mass is 16.6. The molecule has 1 fully saturated rings. The Labute approximate surface area is 197 Å². The van der Waals surface area contributed by atoms with E-state index in [9.17, 15) is 9.90 Å². The number of benzene rings is 1. The minimum Gasteiger partial charge on any atom is -0.479 e. The van der Waals surface area contributed by atoms with Gasteiger partial charge in [0.15, 0.2) is 0 Å². The van der Waals surface area contributed by atoms with Gasteiger partial charge in [0.05, 0.1) is 6.61 Å². The van der Waals surface area contributed by atoms with Gasteiger partial charge in [0.2, 0.25) is 5.60 Å². The number of carboxylic acids is 1. The lowest BCUT2D eigenvalue weighted by Gasteiger charge is -2.10. The van der Waals surface area contributed by atoms with E-state index in [-0.39, 0.29) is 6.10 Å². The van der Waals surface area contributed by atoms with Crippen LogP contribution in [0.4, 0.5) is 0 Å². The molecule has 1 aliphatic rings. The summed E-state index contributed by atoms with van der Waals surface area (Å²) in [6, 6.07) is 7.84. The Kier molecular flexibility index (Phi) is 9.67. The lowest BCUT2D eigenvalue weighted by molar-refractivity contribution is -0.143. The van der Waals surface area contributed by atoms with Crippen molar-refractivity contribution in [2.45, 2.75) is 96.2 Å². The number of aromatic nitrogens is 2. The number of unbranched alkanes of at least 4 members (excludes halogenated alkanes) is 8. The first-order valence-corrected chi connectivity index (χ1v) is 12.6. The smallest absolute Gasteiger partial charge is 0.343 e. The van der Waals surface area contributed by atoms with Crippen molar-refractivity contribution in [1.29, 1.82) is 0 Å². The second-order valence-corrected chi connectivity index (χ2v) is 8.94. The van der Waals surface area contributed by atoms with Gasteiger partial charge >= 0.3 is 12.0 Å². The Bertz CT molecular complexity index is 853. The lowest BCUT2D eigenvalue weighted by Crippen LogP contribution is -2.24. The fraction of sp³-hybridized carbons (Fsp3) is 0.593. The van der Waals surface area contributed by atoms with E-state index in [1.54, 1.807) is 12.4 Å². The molecular weight excluding hydrogens is 416 g/mol. The zero-order chi connectivity index (χ0) is 23.5. The van der Waals surface area contributed by atoms with Crippen LogP contribution in [0.5, 0.6) is 6.01 Å². The van der Waals surface area contributed by atoms with Gasteiger partial charge < -0.3 is 14.6 Å². The number of rotatable bonds is 16. The first-order chi connectivity index (χ1) is 16.1. The molecule has 2 aromatic rings. The average molecular weight is 455 g/mol. The van der Waals surface area contributed by atoms with E-state index in [1.807, 2.05) is 31.2 Å². The molecule has 0 radical (unpaired) electrons. The molecule has 3 rings (SSSR count). The third kappa shape index (κ3) is 6.76. The van der Waals surface area contributed by atoms with Crippen LogP contribution in [0.3, 0.4) is 0 Å². The highest BCUT2D eigenvalue weighted by Gasteiger charge is 2.63. The van der Waals surface area contributed by atoms with E-state index in [0.29, 0.717) is 18.2 Å². The van der Waals surface area contributed by atoms with Crippen LogP contribution in [-0.2, 0) is 15.1 Å². The van der Waals surface area contributed by atoms with E-state index >= 15 is 0 Å². The molecule has 1 aromatic carbocycles. The van der Waals surface area contributed by atoms with E-state index in [4.69, 9.17) is 9.47 Å². The number of carboxylic acid groups (broad SMARTS) is 1. The van der Waals surface area contributed by atoms with E-state index < -0.39 is 11.6 Å². The summed E-state index contributed by atoms with van der Waals surface area (Å²) < 4.78 is 11.3. The first-order valence-electron chi connectivity index (χ1n) is 12.6. The Balaban J connectivity index is 1.42. The van der Waals surface area contributed by atoms with Crippen molar-refractivity contribution >= 4 is 5.97 Å². The molecule has 180 valence electrons. The van der Waals surface area contributed by atoms with Gasteiger partial charge in [0.25, 0.3) is 0 Å². The minimum absolute atomic E-state index is 0.253. The van der Waals surface area contributed by atoms with Crippen molar-refractivity contribution < 1.29 is 19.4 Å². The van der Waals surface area contributed by atoms with Crippen LogP contribution in [0.1, 0.15) is 90.0 Å². The molecule has 2 atom stereocenters. The highest BCUT2D eigenvalue weighted by molar-refractivity contribution is 5.83. The monoisotopic (exact) mass is 454 g/mol. The van der Waals surface area contributed by atoms with Crippen LogP contribution >= 0.6 is 0 Å². The first kappa shape index (κ1) is 25.2. The number of epoxide rings is 1. The van der Waals surface area contributed by atoms with Gasteiger partial charge in [0, 0.05) is 18.0 Å². The maximum Gasteiger partial charge on any atom is 0.343 e. The van der Waals surface area contributed by atoms with Gasteiger partial charge in [-0.15, -0.1) is 0 Å². The predicted molar refractivity (Wildman–Crippen MR) is 129 cm³/mol. The number of ether oxygens (including phenoxy) is 2. The minimum atomic E-state index is -1.20. The van der Waals surface area contributed by atoms with Crippen molar-refractivity contribution in [2.24, 2.45) is 0 Å². The van der Waals surface area contributed by atoms with Crippen LogP contribution in [-0.4, -0.2) is 33.8 Å².